The second-order valence-corrected chi connectivity index (χ2v) is 5.09. The Labute approximate surface area is 116 Å². The Morgan fingerprint density at radius 3 is 2.90 bits per heavy atom. The molecule has 1 aliphatic heterocycles. The van der Waals surface area contributed by atoms with Crippen LogP contribution in [0, 0.1) is 0 Å². The summed E-state index contributed by atoms with van der Waals surface area (Å²) in [6, 6.07) is 8.56. The van der Waals surface area contributed by atoms with Crippen molar-refractivity contribution in [1.29, 1.82) is 0 Å². The molecule has 2 aromatic heterocycles. The minimum absolute atomic E-state index is 0.518. The first-order valence-electron chi connectivity index (χ1n) is 6.72. The number of nitrogens with two attached hydrogens (primary N) is 1. The van der Waals surface area contributed by atoms with E-state index in [4.69, 9.17) is 5.73 Å². The molecular weight excluding hydrogens is 250 g/mol. The van der Waals surface area contributed by atoms with Gasteiger partial charge in [0.25, 0.3) is 0 Å². The number of fused-ring (bicyclic) bond motifs is 2. The first-order valence-corrected chi connectivity index (χ1v) is 6.72. The van der Waals surface area contributed by atoms with E-state index in [0.717, 1.165) is 31.0 Å². The highest BCUT2D eigenvalue weighted by molar-refractivity contribution is 5.67. The number of aromatic nitrogens is 3. The zero-order valence-electron chi connectivity index (χ0n) is 11.0. The van der Waals surface area contributed by atoms with Gasteiger partial charge < -0.3 is 15.0 Å². The predicted molar refractivity (Wildman–Crippen MR) is 78.6 cm³/mol. The van der Waals surface area contributed by atoms with Crippen LogP contribution in [-0.4, -0.2) is 20.9 Å². The molecule has 0 atom stereocenters. The summed E-state index contributed by atoms with van der Waals surface area (Å²) in [5, 5.41) is 0. The van der Waals surface area contributed by atoms with Crippen LogP contribution >= 0.6 is 0 Å². The summed E-state index contributed by atoms with van der Waals surface area (Å²) in [4.78, 5) is 11.1. The molecule has 100 valence electrons. The van der Waals surface area contributed by atoms with Gasteiger partial charge in [-0.15, -0.1) is 0 Å². The van der Waals surface area contributed by atoms with Crippen LogP contribution in [0.1, 0.15) is 11.1 Å². The lowest BCUT2D eigenvalue weighted by atomic mass is 10.00. The summed E-state index contributed by atoms with van der Waals surface area (Å²) in [5.74, 6) is 1.38. The third-order valence-electron chi connectivity index (χ3n) is 3.81. The molecule has 20 heavy (non-hydrogen) atoms. The number of hydrogen-bond acceptors (Lipinski definition) is 4. The largest absolute Gasteiger partial charge is 0.382 e. The van der Waals surface area contributed by atoms with Crippen LogP contribution in [0.2, 0.25) is 0 Å². The third kappa shape index (κ3) is 1.71. The minimum Gasteiger partial charge on any atom is -0.382 e. The highest BCUT2D eigenvalue weighted by atomic mass is 15.2. The molecule has 1 aromatic carbocycles. The van der Waals surface area contributed by atoms with Gasteiger partial charge in [0.1, 0.15) is 5.82 Å². The maximum Gasteiger partial charge on any atom is 0.180 e. The van der Waals surface area contributed by atoms with Crippen LogP contribution in [-0.2, 0) is 13.0 Å². The molecule has 0 unspecified atom stereocenters. The Hall–Kier alpha value is -2.56. The zero-order chi connectivity index (χ0) is 13.5. The van der Waals surface area contributed by atoms with Crippen molar-refractivity contribution in [3.8, 4) is 0 Å². The second kappa shape index (κ2) is 4.23. The average Bonchev–Trinajstić information content (AvgIpc) is 2.94. The van der Waals surface area contributed by atoms with Gasteiger partial charge in [-0.05, 0) is 17.5 Å². The van der Waals surface area contributed by atoms with E-state index in [1.54, 1.807) is 12.4 Å². The van der Waals surface area contributed by atoms with Gasteiger partial charge in [0.2, 0.25) is 0 Å². The van der Waals surface area contributed by atoms with Crippen LogP contribution in [0.5, 0.6) is 0 Å². The normalized spacial score (nSPS) is 14.5. The minimum atomic E-state index is 0.518. The third-order valence-corrected chi connectivity index (χ3v) is 3.81. The van der Waals surface area contributed by atoms with Gasteiger partial charge in [-0.2, -0.15) is 0 Å². The van der Waals surface area contributed by atoms with Gasteiger partial charge in [-0.25, -0.2) is 9.97 Å². The van der Waals surface area contributed by atoms with E-state index >= 15 is 0 Å². The van der Waals surface area contributed by atoms with Crippen molar-refractivity contribution in [2.24, 2.45) is 0 Å². The summed E-state index contributed by atoms with van der Waals surface area (Å²) >= 11 is 0. The smallest absolute Gasteiger partial charge is 0.180 e. The van der Waals surface area contributed by atoms with Crippen molar-refractivity contribution in [2.45, 2.75) is 13.0 Å². The highest BCUT2D eigenvalue weighted by Gasteiger charge is 2.20. The Morgan fingerprint density at radius 1 is 1.15 bits per heavy atom. The summed E-state index contributed by atoms with van der Waals surface area (Å²) in [5.41, 5.74) is 9.54. The van der Waals surface area contributed by atoms with E-state index in [1.807, 2.05) is 10.6 Å². The molecule has 0 bridgehead atoms. The van der Waals surface area contributed by atoms with E-state index in [-0.39, 0.29) is 0 Å². The van der Waals surface area contributed by atoms with E-state index in [0.29, 0.717) is 5.82 Å². The van der Waals surface area contributed by atoms with E-state index in [2.05, 4.69) is 39.1 Å². The fraction of sp³-hybridized carbons (Fsp3) is 0.200. The second-order valence-electron chi connectivity index (χ2n) is 5.09. The maximum atomic E-state index is 5.90. The molecule has 4 rings (SSSR count). The Balaban J connectivity index is 1.79. The fourth-order valence-corrected chi connectivity index (χ4v) is 2.82. The molecule has 0 saturated heterocycles. The first kappa shape index (κ1) is 11.3. The van der Waals surface area contributed by atoms with Crippen molar-refractivity contribution in [1.82, 2.24) is 14.4 Å². The lowest BCUT2D eigenvalue weighted by molar-refractivity contribution is 0.721. The van der Waals surface area contributed by atoms with Crippen molar-refractivity contribution in [2.75, 3.05) is 17.2 Å². The number of rotatable bonds is 1. The van der Waals surface area contributed by atoms with Crippen LogP contribution in [0.15, 0.2) is 42.9 Å². The van der Waals surface area contributed by atoms with Gasteiger partial charge in [-0.1, -0.05) is 24.3 Å². The number of imidazole rings is 1. The van der Waals surface area contributed by atoms with Crippen LogP contribution in [0.25, 0.3) is 5.65 Å². The van der Waals surface area contributed by atoms with Crippen LogP contribution in [0.4, 0.5) is 11.6 Å². The Morgan fingerprint density at radius 2 is 2.00 bits per heavy atom. The average molecular weight is 265 g/mol. The molecule has 5 heteroatoms. The topological polar surface area (TPSA) is 59.5 Å². The number of nitrogens with zero attached hydrogens (tertiary/aromatic N) is 4. The Kier molecular flexibility index (Phi) is 2.39. The number of nitrogen functional groups attached to an aromatic ring is 1. The molecule has 3 heterocycles. The molecule has 1 aliphatic rings. The summed E-state index contributed by atoms with van der Waals surface area (Å²) in [7, 11) is 0. The van der Waals surface area contributed by atoms with Crippen molar-refractivity contribution < 1.29 is 0 Å². The number of hydrogen-bond donors (Lipinski definition) is 1. The SMILES string of the molecule is Nc1cn2ccnc2c(N2CCc3ccccc3C2)n1. The zero-order valence-corrected chi connectivity index (χ0v) is 11.0. The lowest BCUT2D eigenvalue weighted by Crippen LogP contribution is -2.31. The number of anilines is 2. The maximum absolute atomic E-state index is 5.90. The fourth-order valence-electron chi connectivity index (χ4n) is 2.82. The van der Waals surface area contributed by atoms with Crippen molar-refractivity contribution >= 4 is 17.3 Å². The quantitative estimate of drug-likeness (QED) is 0.729. The molecule has 0 radical (unpaired) electrons. The summed E-state index contributed by atoms with van der Waals surface area (Å²) < 4.78 is 1.93. The molecule has 5 nitrogen and oxygen atoms in total. The summed E-state index contributed by atoms with van der Waals surface area (Å²) in [6.45, 7) is 1.80. The molecule has 0 saturated carbocycles. The molecule has 3 aromatic rings. The van der Waals surface area contributed by atoms with E-state index < -0.39 is 0 Å². The molecule has 0 spiro atoms. The highest BCUT2D eigenvalue weighted by Crippen LogP contribution is 2.26. The molecule has 0 aliphatic carbocycles. The van der Waals surface area contributed by atoms with Crippen molar-refractivity contribution in [3.63, 3.8) is 0 Å². The van der Waals surface area contributed by atoms with Gasteiger partial charge in [0, 0.05) is 25.5 Å². The van der Waals surface area contributed by atoms with Crippen LogP contribution in [0.3, 0.4) is 0 Å². The van der Waals surface area contributed by atoms with Gasteiger partial charge in [-0.3, -0.25) is 0 Å². The first-order chi connectivity index (χ1) is 9.81. The molecule has 0 amide bonds. The monoisotopic (exact) mass is 265 g/mol. The van der Waals surface area contributed by atoms with Crippen LogP contribution < -0.4 is 10.6 Å². The molecule has 2 N–H and O–H groups in total. The standard InChI is InChI=1S/C15H15N5/c16-13-10-20-8-6-17-14(20)15(18-13)19-7-5-11-3-1-2-4-12(11)9-19/h1-4,6,8,10H,5,7,9,16H2. The number of benzene rings is 1. The van der Waals surface area contributed by atoms with Gasteiger partial charge in [0.15, 0.2) is 11.5 Å². The van der Waals surface area contributed by atoms with Gasteiger partial charge in [0.05, 0.1) is 6.20 Å². The van der Waals surface area contributed by atoms with Gasteiger partial charge >= 0.3 is 0 Å². The van der Waals surface area contributed by atoms with E-state index in [9.17, 15) is 0 Å². The predicted octanol–water partition coefficient (Wildman–Crippen LogP) is 1.87. The lowest BCUT2D eigenvalue weighted by Gasteiger charge is -2.29. The van der Waals surface area contributed by atoms with Crippen molar-refractivity contribution in [3.05, 3.63) is 54.0 Å². The summed E-state index contributed by atoms with van der Waals surface area (Å²) in [6.07, 6.45) is 6.50. The molecular formula is C15H15N5. The Bertz CT molecular complexity index is 777. The van der Waals surface area contributed by atoms with E-state index in [1.165, 1.54) is 11.1 Å². The molecule has 0 fully saturated rings.